The second-order valence-electron chi connectivity index (χ2n) is 5.38. The van der Waals surface area contributed by atoms with Gasteiger partial charge in [0.2, 0.25) is 0 Å². The maximum absolute atomic E-state index is 4.60. The van der Waals surface area contributed by atoms with Crippen molar-refractivity contribution in [2.24, 2.45) is 0 Å². The van der Waals surface area contributed by atoms with Crippen molar-refractivity contribution in [2.45, 2.75) is 0 Å². The van der Waals surface area contributed by atoms with E-state index in [1.54, 1.807) is 0 Å². The Balaban J connectivity index is 2.09. The summed E-state index contributed by atoms with van der Waals surface area (Å²) in [6.07, 6.45) is 4.22. The Bertz CT molecular complexity index is 1050. The van der Waals surface area contributed by atoms with E-state index in [1.165, 1.54) is 32.6 Å². The summed E-state index contributed by atoms with van der Waals surface area (Å²) in [4.78, 5) is 4.60. The van der Waals surface area contributed by atoms with Crippen LogP contribution in [0, 0.1) is 0 Å². The summed E-state index contributed by atoms with van der Waals surface area (Å²) in [5.41, 5.74) is 3.49. The van der Waals surface area contributed by atoms with Gasteiger partial charge in [0.15, 0.2) is 0 Å². The van der Waals surface area contributed by atoms with Gasteiger partial charge < -0.3 is 4.40 Å². The van der Waals surface area contributed by atoms with Gasteiger partial charge in [-0.1, -0.05) is 42.5 Å². The Morgan fingerprint density at radius 2 is 1.52 bits per heavy atom. The summed E-state index contributed by atoms with van der Waals surface area (Å²) in [6.45, 7) is 0. The van der Waals surface area contributed by atoms with Crippen molar-refractivity contribution >= 4 is 38.1 Å². The largest absolute Gasteiger partial charge is 0.315 e. The molecule has 0 aliphatic heterocycles. The van der Waals surface area contributed by atoms with Crippen LogP contribution in [0.1, 0.15) is 0 Å². The number of nitrogens with zero attached hydrogens (tertiary/aromatic N) is 2. The van der Waals surface area contributed by atoms with Crippen LogP contribution >= 0.6 is 0 Å². The van der Waals surface area contributed by atoms with Gasteiger partial charge >= 0.3 is 0 Å². The molecule has 3 aromatic heterocycles. The van der Waals surface area contributed by atoms with E-state index in [-0.39, 0.29) is 0 Å². The lowest BCUT2D eigenvalue weighted by Crippen LogP contribution is -1.84. The summed E-state index contributed by atoms with van der Waals surface area (Å²) in [5.74, 6) is 0. The van der Waals surface area contributed by atoms with E-state index in [2.05, 4.69) is 70.2 Å². The molecule has 0 fully saturated rings. The highest BCUT2D eigenvalue weighted by Crippen LogP contribution is 2.30. The first-order valence-electron chi connectivity index (χ1n) is 7.08. The molecule has 0 atom stereocenters. The quantitative estimate of drug-likeness (QED) is 0.394. The first kappa shape index (κ1) is 10.9. The molecular formula is C19H12N2. The smallest absolute Gasteiger partial charge is 0.0709 e. The van der Waals surface area contributed by atoms with Crippen LogP contribution in [-0.4, -0.2) is 9.38 Å². The fourth-order valence-corrected chi connectivity index (χ4v) is 3.22. The van der Waals surface area contributed by atoms with Crippen molar-refractivity contribution in [1.82, 2.24) is 9.38 Å². The molecule has 0 unspecified atom stereocenters. The van der Waals surface area contributed by atoms with Gasteiger partial charge in [-0.05, 0) is 23.6 Å². The minimum Gasteiger partial charge on any atom is -0.315 e. The summed E-state index contributed by atoms with van der Waals surface area (Å²) in [6, 6.07) is 21.2. The highest BCUT2D eigenvalue weighted by atomic mass is 14.9. The van der Waals surface area contributed by atoms with E-state index in [9.17, 15) is 0 Å². The zero-order valence-corrected chi connectivity index (χ0v) is 11.3. The fourth-order valence-electron chi connectivity index (χ4n) is 3.22. The minimum absolute atomic E-state index is 1.05. The van der Waals surface area contributed by atoms with Crippen molar-refractivity contribution in [3.63, 3.8) is 0 Å². The lowest BCUT2D eigenvalue weighted by atomic mass is 10.1. The number of para-hydroxylation sites is 2. The van der Waals surface area contributed by atoms with E-state index < -0.39 is 0 Å². The summed E-state index contributed by atoms with van der Waals surface area (Å²) >= 11 is 0. The van der Waals surface area contributed by atoms with Gasteiger partial charge in [0.25, 0.3) is 0 Å². The van der Waals surface area contributed by atoms with Crippen molar-refractivity contribution in [2.75, 3.05) is 0 Å². The maximum atomic E-state index is 4.60. The zero-order valence-electron chi connectivity index (χ0n) is 11.3. The van der Waals surface area contributed by atoms with Gasteiger partial charge in [-0.3, -0.25) is 4.98 Å². The Morgan fingerprint density at radius 3 is 2.52 bits per heavy atom. The van der Waals surface area contributed by atoms with E-state index in [0.29, 0.717) is 0 Å². The molecule has 0 aliphatic carbocycles. The number of benzene rings is 2. The van der Waals surface area contributed by atoms with Crippen LogP contribution in [0.15, 0.2) is 73.1 Å². The van der Waals surface area contributed by atoms with Crippen molar-refractivity contribution in [3.05, 3.63) is 73.1 Å². The van der Waals surface area contributed by atoms with Gasteiger partial charge in [-0.15, -0.1) is 0 Å². The molecule has 2 heteroatoms. The number of pyridine rings is 2. The standard InChI is InChI=1S/C19H12N2/c1-4-8-18-13(5-1)9-10-19-15-11-20-17-7-3-2-6-14(17)16(15)12-21(18)19/h1-12H. The molecule has 2 nitrogen and oxygen atoms in total. The average Bonchev–Trinajstić information content (AvgIpc) is 2.94. The van der Waals surface area contributed by atoms with Gasteiger partial charge in [0, 0.05) is 28.6 Å². The molecule has 0 saturated carbocycles. The third-order valence-electron chi connectivity index (χ3n) is 4.23. The number of fused-ring (bicyclic) bond motifs is 7. The Labute approximate surface area is 121 Å². The van der Waals surface area contributed by atoms with E-state index in [0.717, 1.165) is 5.52 Å². The van der Waals surface area contributed by atoms with Gasteiger partial charge in [-0.25, -0.2) is 0 Å². The topological polar surface area (TPSA) is 17.3 Å². The lowest BCUT2D eigenvalue weighted by Gasteiger charge is -2.01. The summed E-state index contributed by atoms with van der Waals surface area (Å²) < 4.78 is 2.27. The molecule has 0 spiro atoms. The second-order valence-corrected chi connectivity index (χ2v) is 5.38. The summed E-state index contributed by atoms with van der Waals surface area (Å²) in [7, 11) is 0. The highest BCUT2D eigenvalue weighted by molar-refractivity contribution is 6.12. The molecule has 0 saturated heterocycles. The highest BCUT2D eigenvalue weighted by Gasteiger charge is 2.09. The average molecular weight is 268 g/mol. The molecule has 98 valence electrons. The molecule has 0 radical (unpaired) electrons. The molecule has 5 aromatic rings. The number of hydrogen-bond acceptors (Lipinski definition) is 1. The fraction of sp³-hybridized carbons (Fsp3) is 0. The van der Waals surface area contributed by atoms with Crippen LogP contribution in [-0.2, 0) is 0 Å². The van der Waals surface area contributed by atoms with Crippen LogP contribution in [0.3, 0.4) is 0 Å². The van der Waals surface area contributed by atoms with Crippen molar-refractivity contribution < 1.29 is 0 Å². The second kappa shape index (κ2) is 3.83. The van der Waals surface area contributed by atoms with E-state index >= 15 is 0 Å². The first-order valence-corrected chi connectivity index (χ1v) is 7.08. The van der Waals surface area contributed by atoms with Crippen molar-refractivity contribution in [1.29, 1.82) is 0 Å². The van der Waals surface area contributed by atoms with E-state index in [4.69, 9.17) is 0 Å². The number of hydrogen-bond donors (Lipinski definition) is 0. The first-order chi connectivity index (χ1) is 10.4. The normalized spacial score (nSPS) is 11.8. The molecule has 0 bridgehead atoms. The Kier molecular flexibility index (Phi) is 1.98. The van der Waals surface area contributed by atoms with Crippen LogP contribution in [0.4, 0.5) is 0 Å². The molecule has 3 heterocycles. The summed E-state index contributed by atoms with van der Waals surface area (Å²) in [5, 5.41) is 4.93. The predicted molar refractivity (Wildman–Crippen MR) is 87.7 cm³/mol. The maximum Gasteiger partial charge on any atom is 0.0709 e. The van der Waals surface area contributed by atoms with Gasteiger partial charge in [0.1, 0.15) is 0 Å². The molecule has 5 rings (SSSR count). The Morgan fingerprint density at radius 1 is 0.667 bits per heavy atom. The van der Waals surface area contributed by atoms with Crippen molar-refractivity contribution in [3.8, 4) is 0 Å². The Hall–Kier alpha value is -2.87. The predicted octanol–water partition coefficient (Wildman–Crippen LogP) is 4.79. The molecule has 0 amide bonds. The van der Waals surface area contributed by atoms with Crippen LogP contribution in [0.25, 0.3) is 38.1 Å². The van der Waals surface area contributed by atoms with Crippen LogP contribution in [0.2, 0.25) is 0 Å². The zero-order chi connectivity index (χ0) is 13.8. The monoisotopic (exact) mass is 268 g/mol. The lowest BCUT2D eigenvalue weighted by molar-refractivity contribution is 1.28. The number of rotatable bonds is 0. The minimum atomic E-state index is 1.05. The molecule has 0 aliphatic rings. The molecular weight excluding hydrogens is 256 g/mol. The van der Waals surface area contributed by atoms with Crippen LogP contribution < -0.4 is 0 Å². The molecule has 0 N–H and O–H groups in total. The molecule has 2 aromatic carbocycles. The molecule has 21 heavy (non-hydrogen) atoms. The van der Waals surface area contributed by atoms with E-state index in [1.807, 2.05) is 12.3 Å². The SMILES string of the molecule is c1ccc2c(c1)ccc1c3cnc4ccccc4c3cn21. The van der Waals surface area contributed by atoms with Gasteiger partial charge in [0.05, 0.1) is 16.6 Å². The van der Waals surface area contributed by atoms with Crippen LogP contribution in [0.5, 0.6) is 0 Å². The third kappa shape index (κ3) is 1.39. The number of aromatic nitrogens is 2. The van der Waals surface area contributed by atoms with Gasteiger partial charge in [-0.2, -0.15) is 0 Å². The third-order valence-corrected chi connectivity index (χ3v) is 4.23.